The van der Waals surface area contributed by atoms with Crippen LogP contribution < -0.4 is 5.32 Å². The van der Waals surface area contributed by atoms with Gasteiger partial charge in [0.1, 0.15) is 6.04 Å². The first-order valence-electron chi connectivity index (χ1n) is 6.57. The number of hydrogen-bond donors (Lipinski definition) is 1. The fraction of sp³-hybridized carbons (Fsp3) is 0.267. The number of aromatic nitrogens is 1. The van der Waals surface area contributed by atoms with Crippen LogP contribution in [0, 0.1) is 0 Å². The first kappa shape index (κ1) is 12.6. The minimum absolute atomic E-state index is 0.0662. The first-order valence-corrected chi connectivity index (χ1v) is 6.57. The average Bonchev–Trinajstić information content (AvgIpc) is 2.47. The van der Waals surface area contributed by atoms with Crippen LogP contribution in [0.5, 0.6) is 0 Å². The summed E-state index contributed by atoms with van der Waals surface area (Å²) in [4.78, 5) is 29.6. The van der Waals surface area contributed by atoms with Crippen molar-refractivity contribution in [3.63, 3.8) is 0 Å². The number of nitrogens with zero attached hydrogens (tertiary/aromatic N) is 2. The van der Waals surface area contributed by atoms with Crippen molar-refractivity contribution in [2.24, 2.45) is 0 Å². The Morgan fingerprint density at radius 1 is 1.25 bits per heavy atom. The molecule has 1 aromatic carbocycles. The van der Waals surface area contributed by atoms with Crippen LogP contribution in [0.3, 0.4) is 0 Å². The predicted octanol–water partition coefficient (Wildman–Crippen LogP) is 1.08. The Morgan fingerprint density at radius 3 is 2.90 bits per heavy atom. The van der Waals surface area contributed by atoms with E-state index < -0.39 is 6.04 Å². The van der Waals surface area contributed by atoms with Crippen LogP contribution in [0.4, 0.5) is 0 Å². The maximum absolute atomic E-state index is 11.9. The van der Waals surface area contributed by atoms with Gasteiger partial charge in [-0.05, 0) is 19.1 Å². The molecule has 1 fully saturated rings. The fourth-order valence-corrected chi connectivity index (χ4v) is 2.37. The molecule has 1 aliphatic heterocycles. The molecule has 3 rings (SSSR count). The molecule has 1 atom stereocenters. The molecule has 5 nitrogen and oxygen atoms in total. The van der Waals surface area contributed by atoms with E-state index >= 15 is 0 Å². The topological polar surface area (TPSA) is 62.3 Å². The summed E-state index contributed by atoms with van der Waals surface area (Å²) in [7, 11) is 0. The van der Waals surface area contributed by atoms with E-state index in [1.165, 1.54) is 0 Å². The van der Waals surface area contributed by atoms with Gasteiger partial charge in [0, 0.05) is 5.39 Å². The van der Waals surface area contributed by atoms with Crippen molar-refractivity contribution in [3.8, 4) is 0 Å². The second-order valence-electron chi connectivity index (χ2n) is 4.91. The molecule has 102 valence electrons. The molecule has 2 aromatic rings. The summed E-state index contributed by atoms with van der Waals surface area (Å²) >= 11 is 0. The van der Waals surface area contributed by atoms with Gasteiger partial charge in [0.25, 0.3) is 0 Å². The van der Waals surface area contributed by atoms with Gasteiger partial charge in [-0.2, -0.15) is 0 Å². The maximum atomic E-state index is 11.9. The van der Waals surface area contributed by atoms with Crippen molar-refractivity contribution in [1.82, 2.24) is 15.2 Å². The van der Waals surface area contributed by atoms with E-state index in [9.17, 15) is 9.59 Å². The van der Waals surface area contributed by atoms with Crippen molar-refractivity contribution in [3.05, 3.63) is 42.1 Å². The second-order valence-corrected chi connectivity index (χ2v) is 4.91. The summed E-state index contributed by atoms with van der Waals surface area (Å²) < 4.78 is 0. The molecule has 2 amide bonds. The number of para-hydroxylation sites is 1. The number of hydrogen-bond acceptors (Lipinski definition) is 3. The summed E-state index contributed by atoms with van der Waals surface area (Å²) in [5.41, 5.74) is 1.69. The lowest BCUT2D eigenvalue weighted by molar-refractivity contribution is -0.145. The highest BCUT2D eigenvalue weighted by molar-refractivity contribution is 5.94. The summed E-state index contributed by atoms with van der Waals surface area (Å²) in [6, 6.07) is 11.3. The molecule has 1 aromatic heterocycles. The Balaban J connectivity index is 1.88. The second kappa shape index (κ2) is 4.92. The van der Waals surface area contributed by atoms with E-state index in [0.717, 1.165) is 16.6 Å². The lowest BCUT2D eigenvalue weighted by Crippen LogP contribution is -2.56. The highest BCUT2D eigenvalue weighted by atomic mass is 16.2. The molecule has 1 saturated heterocycles. The lowest BCUT2D eigenvalue weighted by Gasteiger charge is -2.32. The van der Waals surface area contributed by atoms with Crippen molar-refractivity contribution >= 4 is 22.7 Å². The highest BCUT2D eigenvalue weighted by Gasteiger charge is 2.30. The summed E-state index contributed by atoms with van der Waals surface area (Å²) in [5.74, 6) is -0.197. The zero-order valence-electron chi connectivity index (χ0n) is 11.2. The number of pyridine rings is 1. The van der Waals surface area contributed by atoms with Crippen LogP contribution in [0.2, 0.25) is 0 Å². The minimum atomic E-state index is -0.454. The third kappa shape index (κ3) is 2.22. The van der Waals surface area contributed by atoms with Crippen LogP contribution in [-0.2, 0) is 16.1 Å². The molecule has 0 bridgehead atoms. The Kier molecular flexibility index (Phi) is 3.10. The summed E-state index contributed by atoms with van der Waals surface area (Å²) in [6.07, 6.45) is 0. The molecule has 2 heterocycles. The number of piperazine rings is 1. The Morgan fingerprint density at radius 2 is 2.05 bits per heavy atom. The standard InChI is InChI=1S/C15H15N3O2/c1-10-15(20)16-8-14(19)18(10)9-12-7-6-11-4-2-3-5-13(11)17-12/h2-7,10H,8-9H2,1H3,(H,16,20). The third-order valence-electron chi connectivity index (χ3n) is 3.57. The largest absolute Gasteiger partial charge is 0.345 e. The quantitative estimate of drug-likeness (QED) is 0.887. The molecule has 0 saturated carbocycles. The summed E-state index contributed by atoms with van der Waals surface area (Å²) in [5, 5.41) is 3.64. The van der Waals surface area contributed by atoms with Crippen LogP contribution in [0.15, 0.2) is 36.4 Å². The van der Waals surface area contributed by atoms with Crippen LogP contribution in [0.1, 0.15) is 12.6 Å². The Hall–Kier alpha value is -2.43. The van der Waals surface area contributed by atoms with E-state index in [2.05, 4.69) is 10.3 Å². The number of rotatable bonds is 2. The predicted molar refractivity (Wildman–Crippen MR) is 74.8 cm³/mol. The van der Waals surface area contributed by atoms with Crippen molar-refractivity contribution in [1.29, 1.82) is 0 Å². The van der Waals surface area contributed by atoms with Gasteiger partial charge in [0.05, 0.1) is 24.3 Å². The van der Waals surface area contributed by atoms with E-state index in [0.29, 0.717) is 6.54 Å². The Bertz CT molecular complexity index is 684. The molecule has 0 spiro atoms. The zero-order valence-corrected chi connectivity index (χ0v) is 11.2. The lowest BCUT2D eigenvalue weighted by atomic mass is 10.1. The van der Waals surface area contributed by atoms with Gasteiger partial charge in [-0.1, -0.05) is 24.3 Å². The molecule has 1 N–H and O–H groups in total. The summed E-state index contributed by atoms with van der Waals surface area (Å²) in [6.45, 7) is 2.16. The molecule has 0 aliphatic carbocycles. The molecular formula is C15H15N3O2. The molecule has 1 unspecified atom stereocenters. The number of amides is 2. The normalized spacial score (nSPS) is 19.2. The molecule has 20 heavy (non-hydrogen) atoms. The number of fused-ring (bicyclic) bond motifs is 1. The van der Waals surface area contributed by atoms with Gasteiger partial charge < -0.3 is 10.2 Å². The SMILES string of the molecule is CC1C(=O)NCC(=O)N1Cc1ccc2ccccc2n1. The van der Waals surface area contributed by atoms with Crippen molar-refractivity contribution < 1.29 is 9.59 Å². The average molecular weight is 269 g/mol. The molecule has 5 heteroatoms. The maximum Gasteiger partial charge on any atom is 0.242 e. The van der Waals surface area contributed by atoms with Gasteiger partial charge in [-0.15, -0.1) is 0 Å². The molecule has 0 radical (unpaired) electrons. The first-order chi connectivity index (χ1) is 9.65. The van der Waals surface area contributed by atoms with Crippen molar-refractivity contribution in [2.75, 3.05) is 6.54 Å². The molecule has 1 aliphatic rings. The third-order valence-corrected chi connectivity index (χ3v) is 3.57. The minimum Gasteiger partial charge on any atom is -0.345 e. The smallest absolute Gasteiger partial charge is 0.242 e. The fourth-order valence-electron chi connectivity index (χ4n) is 2.37. The number of carbonyl (C=O) groups is 2. The Labute approximate surface area is 116 Å². The van der Waals surface area contributed by atoms with E-state index in [1.807, 2.05) is 36.4 Å². The van der Waals surface area contributed by atoms with Crippen LogP contribution in [0.25, 0.3) is 10.9 Å². The van der Waals surface area contributed by atoms with E-state index in [-0.39, 0.29) is 18.4 Å². The van der Waals surface area contributed by atoms with Crippen LogP contribution >= 0.6 is 0 Å². The monoisotopic (exact) mass is 269 g/mol. The van der Waals surface area contributed by atoms with Gasteiger partial charge in [0.2, 0.25) is 11.8 Å². The molecular weight excluding hydrogens is 254 g/mol. The van der Waals surface area contributed by atoms with E-state index in [4.69, 9.17) is 0 Å². The van der Waals surface area contributed by atoms with E-state index in [1.54, 1.807) is 11.8 Å². The van der Waals surface area contributed by atoms with Crippen LogP contribution in [-0.4, -0.2) is 34.3 Å². The number of benzene rings is 1. The van der Waals surface area contributed by atoms with Gasteiger partial charge in [-0.3, -0.25) is 14.6 Å². The zero-order chi connectivity index (χ0) is 14.1. The highest BCUT2D eigenvalue weighted by Crippen LogP contribution is 2.15. The van der Waals surface area contributed by atoms with Gasteiger partial charge >= 0.3 is 0 Å². The van der Waals surface area contributed by atoms with Crippen molar-refractivity contribution in [2.45, 2.75) is 19.5 Å². The number of nitrogens with one attached hydrogen (secondary N) is 1. The van der Waals surface area contributed by atoms with Gasteiger partial charge in [-0.25, -0.2) is 0 Å². The van der Waals surface area contributed by atoms with Gasteiger partial charge in [0.15, 0.2) is 0 Å². The number of carbonyl (C=O) groups excluding carboxylic acids is 2.